The summed E-state index contributed by atoms with van der Waals surface area (Å²) >= 11 is 0. The maximum absolute atomic E-state index is 10.9. The van der Waals surface area contributed by atoms with E-state index in [-0.39, 0.29) is 6.54 Å². The van der Waals surface area contributed by atoms with Gasteiger partial charge in [-0.1, -0.05) is 0 Å². The molecule has 0 spiro atoms. The first-order chi connectivity index (χ1) is 7.24. The number of carbonyl (C=O) groups is 1. The second kappa shape index (κ2) is 3.70. The van der Waals surface area contributed by atoms with Crippen LogP contribution in [0.1, 0.15) is 11.5 Å². The minimum Gasteiger partial charge on any atom is -0.481 e. The molecule has 2 aromatic rings. The zero-order chi connectivity index (χ0) is 10.8. The Hall–Kier alpha value is -1.88. The van der Waals surface area contributed by atoms with Crippen LogP contribution in [0.15, 0.2) is 29.0 Å². The predicted octanol–water partition coefficient (Wildman–Crippen LogP) is 0.955. The minimum atomic E-state index is -0.955. The third-order valence-electron chi connectivity index (χ3n) is 2.29. The summed E-state index contributed by atoms with van der Waals surface area (Å²) in [5.41, 5.74) is 6.43. The summed E-state index contributed by atoms with van der Waals surface area (Å²) < 4.78 is 5.15. The number of hydrogen-bond donors (Lipinski definition) is 2. The highest BCUT2D eigenvalue weighted by Gasteiger charge is 2.22. The van der Waals surface area contributed by atoms with Crippen molar-refractivity contribution in [3.63, 3.8) is 0 Å². The molecule has 0 bridgehead atoms. The van der Waals surface area contributed by atoms with Crippen LogP contribution in [0.5, 0.6) is 0 Å². The zero-order valence-corrected chi connectivity index (χ0v) is 7.88. The molecule has 0 aromatic carbocycles. The van der Waals surface area contributed by atoms with Gasteiger partial charge in [-0.05, 0) is 12.1 Å². The lowest BCUT2D eigenvalue weighted by Gasteiger charge is -2.06. The van der Waals surface area contributed by atoms with E-state index < -0.39 is 11.9 Å². The first-order valence-corrected chi connectivity index (χ1v) is 4.49. The van der Waals surface area contributed by atoms with Gasteiger partial charge in [0.05, 0.1) is 12.2 Å². The number of furan rings is 1. The molecule has 2 aromatic heterocycles. The number of aliphatic carboxylic acids is 1. The van der Waals surface area contributed by atoms with E-state index in [1.807, 2.05) is 0 Å². The first-order valence-electron chi connectivity index (χ1n) is 4.49. The molecule has 0 saturated heterocycles. The van der Waals surface area contributed by atoms with E-state index in [1.54, 1.807) is 18.3 Å². The largest absolute Gasteiger partial charge is 0.481 e. The molecule has 1 unspecified atom stereocenters. The Kier molecular flexibility index (Phi) is 2.39. The quantitative estimate of drug-likeness (QED) is 0.780. The summed E-state index contributed by atoms with van der Waals surface area (Å²) in [6.45, 7) is 0.0405. The Morgan fingerprint density at radius 2 is 2.47 bits per heavy atom. The van der Waals surface area contributed by atoms with Gasteiger partial charge in [-0.25, -0.2) is 4.98 Å². The van der Waals surface area contributed by atoms with Gasteiger partial charge in [-0.3, -0.25) is 4.79 Å². The lowest BCUT2D eigenvalue weighted by atomic mass is 10.00. The van der Waals surface area contributed by atoms with Crippen molar-refractivity contribution in [1.29, 1.82) is 0 Å². The molecule has 2 rings (SSSR count). The topological polar surface area (TPSA) is 89.4 Å². The van der Waals surface area contributed by atoms with Gasteiger partial charge < -0.3 is 15.3 Å². The maximum Gasteiger partial charge on any atom is 0.312 e. The number of aromatic nitrogens is 1. The van der Waals surface area contributed by atoms with Crippen molar-refractivity contribution in [3.05, 3.63) is 30.2 Å². The molecule has 5 heteroatoms. The summed E-state index contributed by atoms with van der Waals surface area (Å²) in [7, 11) is 0. The average Bonchev–Trinajstić information content (AvgIpc) is 2.63. The van der Waals surface area contributed by atoms with E-state index in [4.69, 9.17) is 15.3 Å². The fraction of sp³-hybridized carbons (Fsp3) is 0.200. The zero-order valence-electron chi connectivity index (χ0n) is 7.88. The lowest BCUT2D eigenvalue weighted by molar-refractivity contribution is -0.138. The van der Waals surface area contributed by atoms with Crippen molar-refractivity contribution in [1.82, 2.24) is 4.98 Å². The highest BCUT2D eigenvalue weighted by molar-refractivity contribution is 5.86. The smallest absolute Gasteiger partial charge is 0.312 e. The molecule has 78 valence electrons. The van der Waals surface area contributed by atoms with Crippen molar-refractivity contribution in [3.8, 4) is 0 Å². The summed E-state index contributed by atoms with van der Waals surface area (Å²) in [4.78, 5) is 14.9. The van der Waals surface area contributed by atoms with Crippen LogP contribution in [0.4, 0.5) is 0 Å². The Morgan fingerprint density at radius 1 is 1.67 bits per heavy atom. The molecule has 0 saturated carbocycles. The van der Waals surface area contributed by atoms with Crippen LogP contribution < -0.4 is 5.73 Å². The average molecular weight is 206 g/mol. The molecule has 0 radical (unpaired) electrons. The van der Waals surface area contributed by atoms with Gasteiger partial charge >= 0.3 is 5.97 Å². The number of fused-ring (bicyclic) bond motifs is 1. The number of carboxylic acid groups (broad SMARTS) is 1. The summed E-state index contributed by atoms with van der Waals surface area (Å²) in [6.07, 6.45) is 3.00. The standard InChI is InChI=1S/C10H10N2O3/c11-4-7(10(13)14)8-5-15-9-6(8)2-1-3-12-9/h1-3,5,7H,4,11H2,(H,13,14). The van der Waals surface area contributed by atoms with Crippen LogP contribution in [0.3, 0.4) is 0 Å². The van der Waals surface area contributed by atoms with E-state index >= 15 is 0 Å². The second-order valence-electron chi connectivity index (χ2n) is 3.17. The van der Waals surface area contributed by atoms with Gasteiger partial charge in [-0.15, -0.1) is 0 Å². The number of nitrogens with two attached hydrogens (primary N) is 1. The predicted molar refractivity (Wildman–Crippen MR) is 53.4 cm³/mol. The third-order valence-corrected chi connectivity index (χ3v) is 2.29. The van der Waals surface area contributed by atoms with Crippen LogP contribution >= 0.6 is 0 Å². The van der Waals surface area contributed by atoms with E-state index in [0.29, 0.717) is 16.7 Å². The summed E-state index contributed by atoms with van der Waals surface area (Å²) in [5.74, 6) is -1.69. The number of hydrogen-bond acceptors (Lipinski definition) is 4. The highest BCUT2D eigenvalue weighted by Crippen LogP contribution is 2.25. The molecule has 2 heterocycles. The normalized spacial score (nSPS) is 12.9. The van der Waals surface area contributed by atoms with E-state index in [1.165, 1.54) is 6.26 Å². The number of nitrogens with zero attached hydrogens (tertiary/aromatic N) is 1. The van der Waals surface area contributed by atoms with Crippen LogP contribution in [-0.2, 0) is 4.79 Å². The SMILES string of the molecule is NCC(C(=O)O)c1coc2ncccc12. The van der Waals surface area contributed by atoms with Crippen molar-refractivity contribution >= 4 is 17.1 Å². The fourth-order valence-electron chi connectivity index (χ4n) is 1.52. The molecule has 0 aliphatic heterocycles. The van der Waals surface area contributed by atoms with Gasteiger partial charge in [0.1, 0.15) is 0 Å². The highest BCUT2D eigenvalue weighted by atomic mass is 16.4. The van der Waals surface area contributed by atoms with E-state index in [0.717, 1.165) is 0 Å². The second-order valence-corrected chi connectivity index (χ2v) is 3.17. The van der Waals surface area contributed by atoms with Crippen LogP contribution in [0, 0.1) is 0 Å². The Labute approximate surface area is 85.5 Å². The number of pyridine rings is 1. The van der Waals surface area contributed by atoms with Crippen LogP contribution in [-0.4, -0.2) is 22.6 Å². The molecule has 0 amide bonds. The van der Waals surface area contributed by atoms with Gasteiger partial charge in [0.2, 0.25) is 5.71 Å². The molecule has 3 N–H and O–H groups in total. The number of carboxylic acids is 1. The molecule has 0 fully saturated rings. The van der Waals surface area contributed by atoms with Gasteiger partial charge in [0.25, 0.3) is 0 Å². The van der Waals surface area contributed by atoms with Crippen LogP contribution in [0.2, 0.25) is 0 Å². The van der Waals surface area contributed by atoms with Gasteiger partial charge in [0, 0.05) is 23.7 Å². The Balaban J connectivity index is 2.55. The molecular formula is C10H10N2O3. The molecule has 1 atom stereocenters. The third kappa shape index (κ3) is 1.57. The summed E-state index contributed by atoms with van der Waals surface area (Å²) in [6, 6.07) is 3.50. The fourth-order valence-corrected chi connectivity index (χ4v) is 1.52. The maximum atomic E-state index is 10.9. The summed E-state index contributed by atoms with van der Waals surface area (Å²) in [5, 5.41) is 9.67. The molecule has 0 aliphatic carbocycles. The van der Waals surface area contributed by atoms with E-state index in [2.05, 4.69) is 4.98 Å². The van der Waals surface area contributed by atoms with Crippen LogP contribution in [0.25, 0.3) is 11.1 Å². The Morgan fingerprint density at radius 3 is 3.13 bits per heavy atom. The molecule has 0 aliphatic rings. The monoisotopic (exact) mass is 206 g/mol. The van der Waals surface area contributed by atoms with Crippen molar-refractivity contribution in [2.24, 2.45) is 5.73 Å². The van der Waals surface area contributed by atoms with Gasteiger partial charge in [-0.2, -0.15) is 0 Å². The van der Waals surface area contributed by atoms with Crippen molar-refractivity contribution < 1.29 is 14.3 Å². The molecular weight excluding hydrogens is 196 g/mol. The van der Waals surface area contributed by atoms with Crippen molar-refractivity contribution in [2.45, 2.75) is 5.92 Å². The Bertz CT molecular complexity index is 492. The van der Waals surface area contributed by atoms with Gasteiger partial charge in [0.15, 0.2) is 0 Å². The number of rotatable bonds is 3. The lowest BCUT2D eigenvalue weighted by Crippen LogP contribution is -2.20. The first kappa shape index (κ1) is 9.67. The van der Waals surface area contributed by atoms with Crippen molar-refractivity contribution in [2.75, 3.05) is 6.54 Å². The molecule has 5 nitrogen and oxygen atoms in total. The molecule has 15 heavy (non-hydrogen) atoms. The van der Waals surface area contributed by atoms with E-state index in [9.17, 15) is 4.79 Å². The minimum absolute atomic E-state index is 0.0405.